The van der Waals surface area contributed by atoms with Crippen molar-refractivity contribution in [1.29, 1.82) is 0 Å². The van der Waals surface area contributed by atoms with Crippen molar-refractivity contribution in [3.63, 3.8) is 0 Å². The second-order valence-electron chi connectivity index (χ2n) is 3.93. The van der Waals surface area contributed by atoms with Crippen LogP contribution in [0.1, 0.15) is 0 Å². The summed E-state index contributed by atoms with van der Waals surface area (Å²) >= 11 is 0. The Bertz CT molecular complexity index is 258. The van der Waals surface area contributed by atoms with Gasteiger partial charge in [-0.25, -0.2) is 4.31 Å². The first-order valence-electron chi connectivity index (χ1n) is 4.70. The van der Waals surface area contributed by atoms with E-state index in [1.54, 1.807) is 0 Å². The van der Waals surface area contributed by atoms with Gasteiger partial charge in [0.2, 0.25) is 0 Å². The van der Waals surface area contributed by atoms with Crippen LogP contribution in [-0.4, -0.2) is 62.0 Å². The molecule has 0 aliphatic carbocycles. The number of nitrogens with one attached hydrogen (secondary N) is 2. The summed E-state index contributed by atoms with van der Waals surface area (Å²) in [5.74, 6) is 0. The largest absolute Gasteiger partial charge is 0.756 e. The van der Waals surface area contributed by atoms with Gasteiger partial charge in [0, 0.05) is 0 Å². The van der Waals surface area contributed by atoms with Crippen molar-refractivity contribution >= 4 is 15.6 Å². The van der Waals surface area contributed by atoms with Gasteiger partial charge in [0.05, 0.1) is 28.2 Å². The van der Waals surface area contributed by atoms with E-state index in [-0.39, 0.29) is 11.0 Å². The molecular formula is C6H24N2O9P2. The van der Waals surface area contributed by atoms with E-state index in [1.807, 2.05) is 0 Å². The first-order chi connectivity index (χ1) is 7.33. The molecule has 0 rings (SSSR count). The topological polar surface area (TPSA) is 202 Å². The predicted octanol–water partition coefficient (Wildman–Crippen LogP) is -6.45. The Morgan fingerprint density at radius 3 is 1.16 bits per heavy atom. The van der Waals surface area contributed by atoms with Gasteiger partial charge in [-0.15, -0.1) is 0 Å². The minimum absolute atomic E-state index is 0. The van der Waals surface area contributed by atoms with Gasteiger partial charge in [-0.2, -0.15) is 0 Å². The molecule has 0 bridgehead atoms. The van der Waals surface area contributed by atoms with E-state index in [0.717, 1.165) is 0 Å². The average Bonchev–Trinajstić information content (AvgIpc) is 1.94. The normalized spacial score (nSPS) is 16.3. The molecule has 2 unspecified atom stereocenters. The minimum Gasteiger partial charge on any atom is -0.756 e. The van der Waals surface area contributed by atoms with Crippen LogP contribution in [0.4, 0.5) is 0 Å². The van der Waals surface area contributed by atoms with Crippen LogP contribution in [0.2, 0.25) is 0 Å². The van der Waals surface area contributed by atoms with E-state index in [0.29, 0.717) is 0 Å². The molecule has 0 aliphatic rings. The van der Waals surface area contributed by atoms with Crippen molar-refractivity contribution < 1.29 is 53.8 Å². The Labute approximate surface area is 111 Å². The molecule has 8 N–H and O–H groups in total. The molecule has 0 aromatic carbocycles. The van der Waals surface area contributed by atoms with Crippen molar-refractivity contribution in [2.45, 2.75) is 0 Å². The Kier molecular flexibility index (Phi) is 17.2. The lowest BCUT2D eigenvalue weighted by Crippen LogP contribution is -3.14. The molecule has 2 atom stereocenters. The highest BCUT2D eigenvalue weighted by atomic mass is 31.3. The molecule has 0 aliphatic heterocycles. The van der Waals surface area contributed by atoms with Crippen molar-refractivity contribution in [2.75, 3.05) is 41.3 Å². The highest BCUT2D eigenvalue weighted by Crippen LogP contribution is 2.48. The molecule has 11 nitrogen and oxygen atoms in total. The smallest absolute Gasteiger partial charge is 0.271 e. The maximum Gasteiger partial charge on any atom is 0.271 e. The van der Waals surface area contributed by atoms with Crippen LogP contribution in [0, 0.1) is 0 Å². The fraction of sp³-hybridized carbons (Fsp3) is 1.00. The van der Waals surface area contributed by atoms with Crippen LogP contribution in [0.5, 0.6) is 0 Å². The summed E-state index contributed by atoms with van der Waals surface area (Å²) in [6.07, 6.45) is 0. The zero-order valence-electron chi connectivity index (χ0n) is 11.2. The predicted molar refractivity (Wildman–Crippen MR) is 63.3 cm³/mol. The number of quaternary nitrogens is 2. The van der Waals surface area contributed by atoms with Gasteiger partial charge >= 0.3 is 0 Å². The van der Waals surface area contributed by atoms with E-state index in [4.69, 9.17) is 9.79 Å². The van der Waals surface area contributed by atoms with Crippen molar-refractivity contribution in [3.05, 3.63) is 0 Å². The van der Waals surface area contributed by atoms with Crippen molar-refractivity contribution in [3.8, 4) is 0 Å². The van der Waals surface area contributed by atoms with Crippen LogP contribution in [0.3, 0.4) is 0 Å². The standard InChI is InChI=1S/C6H16N2.H4O7P2.2H2O/c1-7(2)5-6-8(3)4;1-8(2,3)7-9(4,5)6;;/h5-6H2,1-4H3;(H2,1,2,3)(H2,4,5,6);2*1H2. The van der Waals surface area contributed by atoms with Crippen molar-refractivity contribution in [2.24, 2.45) is 0 Å². The van der Waals surface area contributed by atoms with Crippen LogP contribution in [0.15, 0.2) is 0 Å². The molecule has 0 spiro atoms. The monoisotopic (exact) mass is 330 g/mol. The molecular weight excluding hydrogens is 306 g/mol. The third-order valence-electron chi connectivity index (χ3n) is 1.33. The molecule has 0 aromatic rings. The number of likely N-dealkylation sites (N-methyl/N-ethyl adjacent to an activating group) is 2. The number of phosphoric acid groups is 2. The Morgan fingerprint density at radius 2 is 1.11 bits per heavy atom. The number of hydrogen-bond acceptors (Lipinski definition) is 5. The van der Waals surface area contributed by atoms with Gasteiger partial charge in [0.15, 0.2) is 0 Å². The quantitative estimate of drug-likeness (QED) is 0.358. The van der Waals surface area contributed by atoms with Crippen LogP contribution < -0.4 is 19.6 Å². The molecule has 0 aromatic heterocycles. The summed E-state index contributed by atoms with van der Waals surface area (Å²) < 4.78 is 21.7. The lowest BCUT2D eigenvalue weighted by Gasteiger charge is -2.22. The summed E-state index contributed by atoms with van der Waals surface area (Å²) in [6, 6.07) is 0. The molecule has 0 saturated heterocycles. The average molecular weight is 330 g/mol. The first-order valence-corrected chi connectivity index (χ1v) is 7.69. The summed E-state index contributed by atoms with van der Waals surface area (Å²) in [6.45, 7) is 2.53. The van der Waals surface area contributed by atoms with Crippen LogP contribution in [-0.2, 0) is 13.4 Å². The molecule has 19 heavy (non-hydrogen) atoms. The minimum atomic E-state index is -5.36. The Hall–Kier alpha value is 0.100. The first kappa shape index (κ1) is 27.4. The maximum atomic E-state index is 9.48. The second kappa shape index (κ2) is 11.9. The van der Waals surface area contributed by atoms with Gasteiger partial charge in [-0.3, -0.25) is 9.13 Å². The Balaban J connectivity index is -0.000000108. The summed E-state index contributed by atoms with van der Waals surface area (Å²) in [5, 5.41) is 0. The van der Waals surface area contributed by atoms with Gasteiger partial charge in [0.25, 0.3) is 15.6 Å². The van der Waals surface area contributed by atoms with Gasteiger partial charge < -0.3 is 40.3 Å². The molecule has 0 radical (unpaired) electrons. The van der Waals surface area contributed by atoms with Crippen LogP contribution >= 0.6 is 15.6 Å². The molecule has 0 heterocycles. The lowest BCUT2D eigenvalue weighted by atomic mass is 10.5. The molecule has 0 saturated carbocycles. The van der Waals surface area contributed by atoms with Crippen molar-refractivity contribution in [1.82, 2.24) is 0 Å². The summed E-state index contributed by atoms with van der Waals surface area (Å²) in [5.41, 5.74) is 0. The third-order valence-corrected chi connectivity index (χ3v) is 2.98. The molecule has 0 amide bonds. The zero-order valence-corrected chi connectivity index (χ0v) is 13.0. The van der Waals surface area contributed by atoms with E-state index in [9.17, 15) is 18.9 Å². The van der Waals surface area contributed by atoms with E-state index in [1.165, 1.54) is 22.9 Å². The second-order valence-corrected chi connectivity index (χ2v) is 6.46. The molecule has 13 heteroatoms. The van der Waals surface area contributed by atoms with E-state index in [2.05, 4.69) is 32.5 Å². The van der Waals surface area contributed by atoms with E-state index < -0.39 is 15.6 Å². The third kappa shape index (κ3) is 38.1. The fourth-order valence-electron chi connectivity index (χ4n) is 0.630. The molecule has 122 valence electrons. The van der Waals surface area contributed by atoms with Crippen LogP contribution in [0.25, 0.3) is 0 Å². The highest BCUT2D eigenvalue weighted by molar-refractivity contribution is 7.58. The molecule has 0 fully saturated rings. The maximum absolute atomic E-state index is 9.48. The number of hydrogen-bond donors (Lipinski definition) is 4. The summed E-state index contributed by atoms with van der Waals surface area (Å²) in [4.78, 5) is 37.2. The van der Waals surface area contributed by atoms with Gasteiger partial charge in [-0.05, 0) is 0 Å². The van der Waals surface area contributed by atoms with E-state index >= 15 is 0 Å². The van der Waals surface area contributed by atoms with Gasteiger partial charge in [-0.1, -0.05) is 0 Å². The zero-order chi connectivity index (χ0) is 14.3. The van der Waals surface area contributed by atoms with Gasteiger partial charge in [0.1, 0.15) is 13.1 Å². The summed E-state index contributed by atoms with van der Waals surface area (Å²) in [7, 11) is -1.99. The number of rotatable bonds is 5. The lowest BCUT2D eigenvalue weighted by molar-refractivity contribution is -0.918. The SMILES string of the molecule is C[NH+](C)CC[NH+](C)C.O.O.O=P([O-])(O)OP(=O)([O-])O. The fourth-order valence-corrected chi connectivity index (χ4v) is 1.67. The Morgan fingerprint density at radius 1 is 0.895 bits per heavy atom. The highest BCUT2D eigenvalue weighted by Gasteiger charge is 2.10.